The number of fused-ring (bicyclic) bond motifs is 1. The number of halogens is 3. The van der Waals surface area contributed by atoms with Crippen LogP contribution in [0.3, 0.4) is 0 Å². The number of nitrogens with zero attached hydrogens (tertiary/aromatic N) is 2. The first kappa shape index (κ1) is 15.6. The molecule has 0 aliphatic carbocycles. The highest BCUT2D eigenvalue weighted by Gasteiger charge is 2.30. The third kappa shape index (κ3) is 3.09. The SMILES string of the molecule is CCC(C)c1ccc(-c2cn3cc(C(F)(F)F)ccc3n2)cc1. The zero-order valence-corrected chi connectivity index (χ0v) is 12.9. The highest BCUT2D eigenvalue weighted by molar-refractivity contribution is 5.63. The monoisotopic (exact) mass is 318 g/mol. The van der Waals surface area contributed by atoms with E-state index in [0.29, 0.717) is 17.3 Å². The Morgan fingerprint density at radius 3 is 2.35 bits per heavy atom. The molecule has 5 heteroatoms. The molecule has 0 aliphatic heterocycles. The Balaban J connectivity index is 1.97. The summed E-state index contributed by atoms with van der Waals surface area (Å²) < 4.78 is 39.7. The number of benzene rings is 1. The molecule has 3 aromatic rings. The zero-order chi connectivity index (χ0) is 16.6. The quantitative estimate of drug-likeness (QED) is 0.620. The van der Waals surface area contributed by atoms with Gasteiger partial charge in [-0.1, -0.05) is 38.1 Å². The van der Waals surface area contributed by atoms with Crippen LogP contribution in [-0.2, 0) is 6.18 Å². The molecule has 1 unspecified atom stereocenters. The number of aromatic nitrogens is 2. The van der Waals surface area contributed by atoms with Crippen molar-refractivity contribution in [2.75, 3.05) is 0 Å². The summed E-state index contributed by atoms with van der Waals surface area (Å²) in [5, 5.41) is 0. The lowest BCUT2D eigenvalue weighted by Crippen LogP contribution is -2.05. The van der Waals surface area contributed by atoms with Crippen LogP contribution >= 0.6 is 0 Å². The van der Waals surface area contributed by atoms with E-state index >= 15 is 0 Å². The van der Waals surface area contributed by atoms with Crippen LogP contribution < -0.4 is 0 Å². The van der Waals surface area contributed by atoms with E-state index in [4.69, 9.17) is 0 Å². The molecule has 2 nitrogen and oxygen atoms in total. The van der Waals surface area contributed by atoms with Gasteiger partial charge in [0.25, 0.3) is 0 Å². The molecule has 0 saturated heterocycles. The molecular weight excluding hydrogens is 301 g/mol. The van der Waals surface area contributed by atoms with Gasteiger partial charge in [0.2, 0.25) is 0 Å². The van der Waals surface area contributed by atoms with Crippen molar-refractivity contribution in [3.63, 3.8) is 0 Å². The largest absolute Gasteiger partial charge is 0.417 e. The van der Waals surface area contributed by atoms with Gasteiger partial charge >= 0.3 is 6.18 Å². The summed E-state index contributed by atoms with van der Waals surface area (Å²) in [6.45, 7) is 4.30. The first-order chi connectivity index (χ1) is 10.9. The van der Waals surface area contributed by atoms with Gasteiger partial charge < -0.3 is 4.40 Å². The molecule has 3 rings (SSSR count). The van der Waals surface area contributed by atoms with Crippen molar-refractivity contribution in [3.05, 3.63) is 59.9 Å². The van der Waals surface area contributed by atoms with Gasteiger partial charge in [0.05, 0.1) is 11.3 Å². The molecule has 1 aromatic carbocycles. The summed E-state index contributed by atoms with van der Waals surface area (Å²) in [7, 11) is 0. The normalized spacial score (nSPS) is 13.4. The van der Waals surface area contributed by atoms with Crippen LogP contribution in [0.25, 0.3) is 16.9 Å². The van der Waals surface area contributed by atoms with Crippen molar-refractivity contribution in [1.29, 1.82) is 0 Å². The minimum Gasteiger partial charge on any atom is -0.306 e. The predicted octanol–water partition coefficient (Wildman–Crippen LogP) is 5.53. The van der Waals surface area contributed by atoms with E-state index in [2.05, 4.69) is 31.0 Å². The first-order valence-corrected chi connectivity index (χ1v) is 7.54. The number of rotatable bonds is 3. The molecule has 23 heavy (non-hydrogen) atoms. The van der Waals surface area contributed by atoms with Crippen LogP contribution in [0, 0.1) is 0 Å². The summed E-state index contributed by atoms with van der Waals surface area (Å²) in [6, 6.07) is 10.5. The van der Waals surface area contributed by atoms with Gasteiger partial charge in [0, 0.05) is 18.0 Å². The van der Waals surface area contributed by atoms with Crippen LogP contribution in [0.2, 0.25) is 0 Å². The van der Waals surface area contributed by atoms with E-state index in [1.54, 1.807) is 6.20 Å². The number of hydrogen-bond acceptors (Lipinski definition) is 1. The number of imidazole rings is 1. The topological polar surface area (TPSA) is 17.3 Å². The van der Waals surface area contributed by atoms with Crippen molar-refractivity contribution < 1.29 is 13.2 Å². The molecule has 120 valence electrons. The molecule has 1 atom stereocenters. The van der Waals surface area contributed by atoms with Crippen LogP contribution in [0.1, 0.15) is 37.3 Å². The second-order valence-corrected chi connectivity index (χ2v) is 5.74. The fourth-order valence-corrected chi connectivity index (χ4v) is 2.52. The molecule has 0 aliphatic rings. The Morgan fingerprint density at radius 2 is 1.74 bits per heavy atom. The summed E-state index contributed by atoms with van der Waals surface area (Å²) in [5.41, 5.74) is 2.63. The summed E-state index contributed by atoms with van der Waals surface area (Å²) in [4.78, 5) is 4.40. The van der Waals surface area contributed by atoms with Crippen molar-refractivity contribution >= 4 is 5.65 Å². The van der Waals surface area contributed by atoms with Crippen LogP contribution in [0.15, 0.2) is 48.8 Å². The number of pyridine rings is 1. The number of hydrogen-bond donors (Lipinski definition) is 0. The van der Waals surface area contributed by atoms with Gasteiger partial charge in [-0.05, 0) is 30.0 Å². The minimum atomic E-state index is -4.35. The Hall–Kier alpha value is -2.30. The fourth-order valence-electron chi connectivity index (χ4n) is 2.52. The molecule has 0 N–H and O–H groups in total. The predicted molar refractivity (Wildman–Crippen MR) is 84.3 cm³/mol. The Morgan fingerprint density at radius 1 is 1.04 bits per heavy atom. The van der Waals surface area contributed by atoms with Crippen LogP contribution in [0.4, 0.5) is 13.2 Å². The van der Waals surface area contributed by atoms with E-state index in [9.17, 15) is 13.2 Å². The molecule has 0 spiro atoms. The van der Waals surface area contributed by atoms with Gasteiger partial charge in [-0.3, -0.25) is 0 Å². The van der Waals surface area contributed by atoms with Crippen LogP contribution in [0.5, 0.6) is 0 Å². The van der Waals surface area contributed by atoms with E-state index in [-0.39, 0.29) is 0 Å². The van der Waals surface area contributed by atoms with Gasteiger partial charge in [0.15, 0.2) is 0 Å². The van der Waals surface area contributed by atoms with E-state index in [1.165, 1.54) is 16.0 Å². The van der Waals surface area contributed by atoms with Crippen molar-refractivity contribution in [2.45, 2.75) is 32.4 Å². The van der Waals surface area contributed by atoms with Crippen LogP contribution in [-0.4, -0.2) is 9.38 Å². The Labute approximate surface area is 132 Å². The number of alkyl halides is 3. The van der Waals surface area contributed by atoms with E-state index in [0.717, 1.165) is 24.2 Å². The van der Waals surface area contributed by atoms with Crippen molar-refractivity contribution in [1.82, 2.24) is 9.38 Å². The summed E-state index contributed by atoms with van der Waals surface area (Å²) in [6.07, 6.45) is -0.591. The fraction of sp³-hybridized carbons (Fsp3) is 0.278. The third-order valence-electron chi connectivity index (χ3n) is 4.17. The molecule has 0 bridgehead atoms. The lowest BCUT2D eigenvalue weighted by atomic mass is 9.97. The third-order valence-corrected chi connectivity index (χ3v) is 4.17. The lowest BCUT2D eigenvalue weighted by molar-refractivity contribution is -0.137. The highest BCUT2D eigenvalue weighted by Crippen LogP contribution is 2.30. The summed E-state index contributed by atoms with van der Waals surface area (Å²) >= 11 is 0. The molecule has 0 saturated carbocycles. The lowest BCUT2D eigenvalue weighted by Gasteiger charge is -2.08. The second kappa shape index (κ2) is 5.72. The van der Waals surface area contributed by atoms with E-state index in [1.807, 2.05) is 12.1 Å². The minimum absolute atomic E-state index is 0.486. The molecule has 2 heterocycles. The second-order valence-electron chi connectivity index (χ2n) is 5.74. The summed E-state index contributed by atoms with van der Waals surface area (Å²) in [5.74, 6) is 0.486. The van der Waals surface area contributed by atoms with Gasteiger partial charge in [-0.25, -0.2) is 4.98 Å². The smallest absolute Gasteiger partial charge is 0.306 e. The first-order valence-electron chi connectivity index (χ1n) is 7.54. The zero-order valence-electron chi connectivity index (χ0n) is 12.9. The van der Waals surface area contributed by atoms with Gasteiger partial charge in [-0.2, -0.15) is 13.2 Å². The van der Waals surface area contributed by atoms with Gasteiger partial charge in [-0.15, -0.1) is 0 Å². The van der Waals surface area contributed by atoms with Crippen molar-refractivity contribution in [2.24, 2.45) is 0 Å². The molecule has 0 amide bonds. The maximum absolute atomic E-state index is 12.8. The molecule has 0 fully saturated rings. The van der Waals surface area contributed by atoms with Gasteiger partial charge in [0.1, 0.15) is 5.65 Å². The highest BCUT2D eigenvalue weighted by atomic mass is 19.4. The van der Waals surface area contributed by atoms with E-state index < -0.39 is 11.7 Å². The maximum atomic E-state index is 12.8. The maximum Gasteiger partial charge on any atom is 0.417 e. The Bertz CT molecular complexity index is 816. The van der Waals surface area contributed by atoms with Crippen molar-refractivity contribution in [3.8, 4) is 11.3 Å². The molecule has 0 radical (unpaired) electrons. The Kier molecular flexibility index (Phi) is 3.88. The average molecular weight is 318 g/mol. The standard InChI is InChI=1S/C18H17F3N2/c1-3-12(2)13-4-6-14(7-5-13)16-11-23-10-15(18(19,20)21)8-9-17(23)22-16/h4-12H,3H2,1-2H3. The average Bonchev–Trinajstić information content (AvgIpc) is 2.96. The molecular formula is C18H17F3N2. The molecule has 2 aromatic heterocycles.